The standard InChI is InChI=1S/C21H27FN2O2/c1-23(2)13-14-24(16-18-7-10-19(22)11-8-18)21(25)12-9-17-5-4-6-20(15-17)26-3/h4-8,10-11,15H,9,12-14,16H2,1-3H3. The van der Waals surface area contributed by atoms with E-state index in [0.717, 1.165) is 23.4 Å². The first kappa shape index (κ1) is 19.9. The molecule has 0 saturated heterocycles. The fraction of sp³-hybridized carbons (Fsp3) is 0.381. The van der Waals surface area contributed by atoms with Crippen molar-refractivity contribution in [2.45, 2.75) is 19.4 Å². The largest absolute Gasteiger partial charge is 0.497 e. The zero-order chi connectivity index (χ0) is 18.9. The van der Waals surface area contributed by atoms with E-state index in [2.05, 4.69) is 0 Å². The minimum atomic E-state index is -0.266. The monoisotopic (exact) mass is 358 g/mol. The number of ether oxygens (including phenoxy) is 1. The molecule has 0 aromatic heterocycles. The summed E-state index contributed by atoms with van der Waals surface area (Å²) in [4.78, 5) is 16.6. The summed E-state index contributed by atoms with van der Waals surface area (Å²) in [6, 6.07) is 14.1. The number of aryl methyl sites for hydroxylation is 1. The number of likely N-dealkylation sites (N-methyl/N-ethyl adjacent to an activating group) is 1. The Kier molecular flexibility index (Phi) is 7.60. The number of benzene rings is 2. The van der Waals surface area contributed by atoms with E-state index in [1.165, 1.54) is 12.1 Å². The number of rotatable bonds is 9. The van der Waals surface area contributed by atoms with E-state index < -0.39 is 0 Å². The van der Waals surface area contributed by atoms with Crippen LogP contribution in [0.2, 0.25) is 0 Å². The van der Waals surface area contributed by atoms with Gasteiger partial charge in [-0.1, -0.05) is 24.3 Å². The Bertz CT molecular complexity index is 701. The predicted molar refractivity (Wildman–Crippen MR) is 102 cm³/mol. The highest BCUT2D eigenvalue weighted by molar-refractivity contribution is 5.76. The molecule has 0 heterocycles. The van der Waals surface area contributed by atoms with Crippen LogP contribution < -0.4 is 4.74 Å². The normalized spacial score (nSPS) is 10.8. The molecule has 0 unspecified atom stereocenters. The average Bonchev–Trinajstić information content (AvgIpc) is 2.64. The van der Waals surface area contributed by atoms with Crippen LogP contribution in [0.5, 0.6) is 5.75 Å². The van der Waals surface area contributed by atoms with E-state index in [0.29, 0.717) is 25.9 Å². The van der Waals surface area contributed by atoms with Gasteiger partial charge >= 0.3 is 0 Å². The molecule has 0 N–H and O–H groups in total. The highest BCUT2D eigenvalue weighted by Gasteiger charge is 2.14. The van der Waals surface area contributed by atoms with Crippen LogP contribution in [0.1, 0.15) is 17.5 Å². The molecule has 140 valence electrons. The number of carbonyl (C=O) groups is 1. The van der Waals surface area contributed by atoms with Gasteiger partial charge < -0.3 is 14.5 Å². The third-order valence-electron chi connectivity index (χ3n) is 4.22. The summed E-state index contributed by atoms with van der Waals surface area (Å²) < 4.78 is 18.3. The summed E-state index contributed by atoms with van der Waals surface area (Å²) in [5.41, 5.74) is 2.01. The zero-order valence-electron chi connectivity index (χ0n) is 15.7. The van der Waals surface area contributed by atoms with Gasteiger partial charge in [0.1, 0.15) is 11.6 Å². The second-order valence-corrected chi connectivity index (χ2v) is 6.60. The van der Waals surface area contributed by atoms with Crippen LogP contribution in [0.15, 0.2) is 48.5 Å². The highest BCUT2D eigenvalue weighted by atomic mass is 19.1. The van der Waals surface area contributed by atoms with Gasteiger partial charge in [0, 0.05) is 26.1 Å². The topological polar surface area (TPSA) is 32.8 Å². The molecule has 0 bridgehead atoms. The number of hydrogen-bond acceptors (Lipinski definition) is 3. The summed E-state index contributed by atoms with van der Waals surface area (Å²) in [6.45, 7) is 1.92. The van der Waals surface area contributed by atoms with Gasteiger partial charge in [-0.2, -0.15) is 0 Å². The molecule has 0 aliphatic heterocycles. The lowest BCUT2D eigenvalue weighted by molar-refractivity contribution is -0.131. The number of hydrogen-bond donors (Lipinski definition) is 0. The number of halogens is 1. The summed E-state index contributed by atoms with van der Waals surface area (Å²) in [6.07, 6.45) is 1.10. The van der Waals surface area contributed by atoms with Gasteiger partial charge in [0.2, 0.25) is 5.91 Å². The molecular formula is C21H27FN2O2. The fourth-order valence-corrected chi connectivity index (χ4v) is 2.66. The molecule has 2 rings (SSSR count). The zero-order valence-corrected chi connectivity index (χ0v) is 15.7. The minimum absolute atomic E-state index is 0.0963. The van der Waals surface area contributed by atoms with Crippen LogP contribution in [-0.4, -0.2) is 50.0 Å². The van der Waals surface area contributed by atoms with Gasteiger partial charge in [0.25, 0.3) is 0 Å². The molecule has 0 aliphatic rings. The third-order valence-corrected chi connectivity index (χ3v) is 4.22. The van der Waals surface area contributed by atoms with E-state index >= 15 is 0 Å². The maximum Gasteiger partial charge on any atom is 0.223 e. The van der Waals surface area contributed by atoms with Crippen molar-refractivity contribution in [2.24, 2.45) is 0 Å². The van der Waals surface area contributed by atoms with Gasteiger partial charge in [0.05, 0.1) is 7.11 Å². The lowest BCUT2D eigenvalue weighted by atomic mass is 10.1. The van der Waals surface area contributed by atoms with Crippen LogP contribution in [0.3, 0.4) is 0 Å². The van der Waals surface area contributed by atoms with Crippen LogP contribution in [0, 0.1) is 5.82 Å². The Morgan fingerprint density at radius 3 is 2.42 bits per heavy atom. The Morgan fingerprint density at radius 1 is 1.04 bits per heavy atom. The molecular weight excluding hydrogens is 331 g/mol. The second-order valence-electron chi connectivity index (χ2n) is 6.60. The summed E-state index contributed by atoms with van der Waals surface area (Å²) in [5, 5.41) is 0. The maximum absolute atomic E-state index is 13.1. The lowest BCUT2D eigenvalue weighted by Gasteiger charge is -2.25. The van der Waals surface area contributed by atoms with E-state index in [4.69, 9.17) is 4.74 Å². The summed E-state index contributed by atoms with van der Waals surface area (Å²) >= 11 is 0. The van der Waals surface area contributed by atoms with Crippen molar-refractivity contribution in [1.82, 2.24) is 9.80 Å². The van der Waals surface area contributed by atoms with Crippen LogP contribution in [0.25, 0.3) is 0 Å². The van der Waals surface area contributed by atoms with E-state index in [1.54, 1.807) is 19.2 Å². The Morgan fingerprint density at radius 2 is 1.77 bits per heavy atom. The Labute approximate surface area is 155 Å². The molecule has 0 aliphatic carbocycles. The van der Waals surface area contributed by atoms with Gasteiger partial charge in [-0.25, -0.2) is 4.39 Å². The average molecular weight is 358 g/mol. The van der Waals surface area contributed by atoms with Crippen LogP contribution >= 0.6 is 0 Å². The Hall–Kier alpha value is -2.40. The summed E-state index contributed by atoms with van der Waals surface area (Å²) in [7, 11) is 5.60. The van der Waals surface area contributed by atoms with E-state index in [9.17, 15) is 9.18 Å². The predicted octanol–water partition coefficient (Wildman–Crippen LogP) is 3.36. The lowest BCUT2D eigenvalue weighted by Crippen LogP contribution is -2.36. The van der Waals surface area contributed by atoms with E-state index in [-0.39, 0.29) is 11.7 Å². The SMILES string of the molecule is COc1cccc(CCC(=O)N(CCN(C)C)Cc2ccc(F)cc2)c1. The van der Waals surface area contributed by atoms with Crippen molar-refractivity contribution in [3.05, 3.63) is 65.5 Å². The van der Waals surface area contributed by atoms with Crippen molar-refractivity contribution in [3.63, 3.8) is 0 Å². The molecule has 0 spiro atoms. The molecule has 0 atom stereocenters. The molecule has 0 fully saturated rings. The number of amides is 1. The van der Waals surface area contributed by atoms with Crippen molar-refractivity contribution < 1.29 is 13.9 Å². The van der Waals surface area contributed by atoms with Gasteiger partial charge in [-0.05, 0) is 55.9 Å². The number of methoxy groups -OCH3 is 1. The first-order chi connectivity index (χ1) is 12.5. The summed E-state index contributed by atoms with van der Waals surface area (Å²) in [5.74, 6) is 0.627. The van der Waals surface area contributed by atoms with E-state index in [1.807, 2.05) is 48.2 Å². The van der Waals surface area contributed by atoms with Gasteiger partial charge in [-0.15, -0.1) is 0 Å². The van der Waals surface area contributed by atoms with Crippen molar-refractivity contribution in [2.75, 3.05) is 34.3 Å². The number of nitrogens with zero attached hydrogens (tertiary/aromatic N) is 2. The van der Waals surface area contributed by atoms with Crippen LogP contribution in [-0.2, 0) is 17.8 Å². The molecule has 2 aromatic carbocycles. The Balaban J connectivity index is 2.00. The van der Waals surface area contributed by atoms with Crippen molar-refractivity contribution >= 4 is 5.91 Å². The fourth-order valence-electron chi connectivity index (χ4n) is 2.66. The second kappa shape index (κ2) is 9.92. The van der Waals surface area contributed by atoms with Crippen molar-refractivity contribution in [3.8, 4) is 5.75 Å². The number of carbonyl (C=O) groups excluding carboxylic acids is 1. The quantitative estimate of drug-likeness (QED) is 0.689. The first-order valence-corrected chi connectivity index (χ1v) is 8.78. The van der Waals surface area contributed by atoms with Gasteiger partial charge in [-0.3, -0.25) is 4.79 Å². The third kappa shape index (κ3) is 6.48. The molecule has 26 heavy (non-hydrogen) atoms. The smallest absolute Gasteiger partial charge is 0.223 e. The molecule has 5 heteroatoms. The first-order valence-electron chi connectivity index (χ1n) is 8.78. The minimum Gasteiger partial charge on any atom is -0.497 e. The highest BCUT2D eigenvalue weighted by Crippen LogP contribution is 2.15. The molecule has 4 nitrogen and oxygen atoms in total. The maximum atomic E-state index is 13.1. The molecule has 0 radical (unpaired) electrons. The molecule has 2 aromatic rings. The molecule has 0 saturated carbocycles. The molecule has 1 amide bonds. The van der Waals surface area contributed by atoms with Crippen molar-refractivity contribution in [1.29, 1.82) is 0 Å². The van der Waals surface area contributed by atoms with Gasteiger partial charge in [0.15, 0.2) is 0 Å². The van der Waals surface area contributed by atoms with Crippen LogP contribution in [0.4, 0.5) is 4.39 Å².